The molecular weight excluding hydrogens is 222 g/mol. The lowest BCUT2D eigenvalue weighted by Gasteiger charge is -2.07. The van der Waals surface area contributed by atoms with Crippen molar-refractivity contribution in [1.29, 1.82) is 0 Å². The number of nitrogens with two attached hydrogens (primary N) is 1. The number of carbonyl (C=O) groups excluding carboxylic acids is 1. The van der Waals surface area contributed by atoms with Gasteiger partial charge in [-0.25, -0.2) is 4.79 Å². The van der Waals surface area contributed by atoms with Crippen molar-refractivity contribution in [3.05, 3.63) is 39.7 Å². The molecule has 0 saturated heterocycles. The number of aryl methyl sites for hydroxylation is 1. The maximum absolute atomic E-state index is 11.6. The minimum atomic E-state index is -0.563. The van der Waals surface area contributed by atoms with E-state index < -0.39 is 11.4 Å². The van der Waals surface area contributed by atoms with Gasteiger partial charge in [-0.1, -0.05) is 0 Å². The second-order valence-corrected chi connectivity index (χ2v) is 3.71. The third kappa shape index (κ3) is 1.81. The summed E-state index contributed by atoms with van der Waals surface area (Å²) in [4.78, 5) is 22.9. The van der Waals surface area contributed by atoms with Gasteiger partial charge in [-0.3, -0.25) is 4.79 Å². The number of phenols is 1. The van der Waals surface area contributed by atoms with Gasteiger partial charge in [0.05, 0.1) is 6.54 Å². The van der Waals surface area contributed by atoms with Gasteiger partial charge in [-0.15, -0.1) is 0 Å². The van der Waals surface area contributed by atoms with Crippen LogP contribution in [0.4, 0.5) is 0 Å². The molecule has 0 fully saturated rings. The Morgan fingerprint density at radius 3 is 2.82 bits per heavy atom. The average molecular weight is 233 g/mol. The second kappa shape index (κ2) is 4.03. The van der Waals surface area contributed by atoms with E-state index in [4.69, 9.17) is 10.2 Å². The summed E-state index contributed by atoms with van der Waals surface area (Å²) in [5.74, 6) is -0.705. The van der Waals surface area contributed by atoms with Crippen molar-refractivity contribution in [1.82, 2.24) is 0 Å². The highest BCUT2D eigenvalue weighted by Gasteiger charge is 2.17. The molecule has 0 bridgehead atoms. The quantitative estimate of drug-likeness (QED) is 0.595. The van der Waals surface area contributed by atoms with Gasteiger partial charge in [0.15, 0.2) is 11.4 Å². The summed E-state index contributed by atoms with van der Waals surface area (Å²) in [5, 5.41) is 10.3. The summed E-state index contributed by atoms with van der Waals surface area (Å²) in [7, 11) is 0. The largest absolute Gasteiger partial charge is 0.507 e. The molecule has 5 nitrogen and oxygen atoms in total. The van der Waals surface area contributed by atoms with E-state index in [-0.39, 0.29) is 23.4 Å². The van der Waals surface area contributed by atoms with Crippen LogP contribution in [0.5, 0.6) is 5.75 Å². The monoisotopic (exact) mass is 233 g/mol. The highest BCUT2D eigenvalue weighted by Crippen LogP contribution is 2.28. The van der Waals surface area contributed by atoms with Crippen molar-refractivity contribution in [2.45, 2.75) is 6.92 Å². The number of Topliss-reactive ketones (excluding diaryl/α,β-unsaturated/α-hetero) is 1. The number of rotatable bonds is 2. The Kier molecular flexibility index (Phi) is 2.69. The molecule has 0 aliphatic rings. The smallest absolute Gasteiger partial charge is 0.336 e. The van der Waals surface area contributed by atoms with E-state index in [1.807, 2.05) is 0 Å². The van der Waals surface area contributed by atoms with Crippen LogP contribution in [-0.4, -0.2) is 17.4 Å². The Morgan fingerprint density at radius 2 is 2.18 bits per heavy atom. The fraction of sp³-hybridized carbons (Fsp3) is 0.167. The Morgan fingerprint density at radius 1 is 1.47 bits per heavy atom. The van der Waals surface area contributed by atoms with E-state index in [1.165, 1.54) is 12.1 Å². The third-order valence-electron chi connectivity index (χ3n) is 2.56. The predicted molar refractivity (Wildman–Crippen MR) is 62.3 cm³/mol. The minimum Gasteiger partial charge on any atom is -0.507 e. The van der Waals surface area contributed by atoms with Crippen LogP contribution in [0.1, 0.15) is 15.9 Å². The summed E-state index contributed by atoms with van der Waals surface area (Å²) in [5.41, 5.74) is 5.43. The lowest BCUT2D eigenvalue weighted by Crippen LogP contribution is -2.15. The standard InChI is InChI=1S/C12H11NO4/c1-6-4-10(16)17-12-7(6)2-3-8(14)11(12)9(15)5-13/h2-4,14H,5,13H2,1H3. The summed E-state index contributed by atoms with van der Waals surface area (Å²) in [6, 6.07) is 4.31. The minimum absolute atomic E-state index is 0.0363. The average Bonchev–Trinajstić information content (AvgIpc) is 2.27. The van der Waals surface area contributed by atoms with Crippen LogP contribution in [0.2, 0.25) is 0 Å². The molecule has 1 aromatic carbocycles. The molecule has 3 N–H and O–H groups in total. The molecule has 2 rings (SSSR count). The Labute approximate surface area is 96.5 Å². The van der Waals surface area contributed by atoms with Crippen LogP contribution in [-0.2, 0) is 0 Å². The SMILES string of the molecule is Cc1cc(=O)oc2c(C(=O)CN)c(O)ccc12. The lowest BCUT2D eigenvalue weighted by molar-refractivity contribution is 0.0999. The highest BCUT2D eigenvalue weighted by atomic mass is 16.4. The molecule has 1 heterocycles. The van der Waals surface area contributed by atoms with E-state index in [9.17, 15) is 14.7 Å². The summed E-state index contributed by atoms with van der Waals surface area (Å²) >= 11 is 0. The van der Waals surface area contributed by atoms with Crippen molar-refractivity contribution >= 4 is 16.8 Å². The van der Waals surface area contributed by atoms with Gasteiger partial charge < -0.3 is 15.3 Å². The van der Waals surface area contributed by atoms with Gasteiger partial charge in [-0.2, -0.15) is 0 Å². The van der Waals surface area contributed by atoms with Crippen LogP contribution >= 0.6 is 0 Å². The van der Waals surface area contributed by atoms with E-state index >= 15 is 0 Å². The number of carbonyl (C=O) groups is 1. The Hall–Kier alpha value is -2.14. The third-order valence-corrected chi connectivity index (χ3v) is 2.56. The fourth-order valence-corrected chi connectivity index (χ4v) is 1.74. The molecule has 0 aliphatic heterocycles. The molecule has 88 valence electrons. The number of hydrogen-bond donors (Lipinski definition) is 2. The molecule has 2 aromatic rings. The fourth-order valence-electron chi connectivity index (χ4n) is 1.74. The number of ketones is 1. The zero-order valence-corrected chi connectivity index (χ0v) is 9.19. The molecular formula is C12H11NO4. The van der Waals surface area contributed by atoms with Gasteiger partial charge in [0.2, 0.25) is 0 Å². The topological polar surface area (TPSA) is 93.5 Å². The Bertz CT molecular complexity index is 657. The van der Waals surface area contributed by atoms with Gasteiger partial charge in [0.25, 0.3) is 0 Å². The molecule has 1 aromatic heterocycles. The van der Waals surface area contributed by atoms with Crippen molar-refractivity contribution in [3.63, 3.8) is 0 Å². The van der Waals surface area contributed by atoms with Gasteiger partial charge in [0.1, 0.15) is 11.3 Å². The molecule has 0 amide bonds. The van der Waals surface area contributed by atoms with Gasteiger partial charge in [-0.05, 0) is 24.6 Å². The normalized spacial score (nSPS) is 10.7. The van der Waals surface area contributed by atoms with Crippen molar-refractivity contribution in [2.24, 2.45) is 5.73 Å². The highest BCUT2D eigenvalue weighted by molar-refractivity contribution is 6.09. The van der Waals surface area contributed by atoms with Crippen molar-refractivity contribution < 1.29 is 14.3 Å². The van der Waals surface area contributed by atoms with Crippen LogP contribution in [0.25, 0.3) is 11.0 Å². The molecule has 0 aliphatic carbocycles. The van der Waals surface area contributed by atoms with Crippen LogP contribution < -0.4 is 11.4 Å². The molecule has 0 spiro atoms. The molecule has 17 heavy (non-hydrogen) atoms. The van der Waals surface area contributed by atoms with E-state index in [2.05, 4.69) is 0 Å². The van der Waals surface area contributed by atoms with Gasteiger partial charge in [0, 0.05) is 11.5 Å². The maximum atomic E-state index is 11.6. The molecule has 0 saturated carbocycles. The van der Waals surface area contributed by atoms with E-state index in [1.54, 1.807) is 13.0 Å². The van der Waals surface area contributed by atoms with E-state index in [0.717, 1.165) is 0 Å². The first kappa shape index (κ1) is 11.3. The van der Waals surface area contributed by atoms with Crippen molar-refractivity contribution in [3.8, 4) is 5.75 Å². The summed E-state index contributed by atoms with van der Waals surface area (Å²) < 4.78 is 4.99. The Balaban J connectivity index is 2.94. The molecule has 0 unspecified atom stereocenters. The number of benzene rings is 1. The zero-order chi connectivity index (χ0) is 12.6. The van der Waals surface area contributed by atoms with Gasteiger partial charge >= 0.3 is 5.63 Å². The number of aromatic hydroxyl groups is 1. The number of hydrogen-bond acceptors (Lipinski definition) is 5. The molecule has 0 radical (unpaired) electrons. The van der Waals surface area contributed by atoms with Crippen molar-refractivity contribution in [2.75, 3.05) is 6.54 Å². The number of fused-ring (bicyclic) bond motifs is 1. The first-order valence-corrected chi connectivity index (χ1v) is 5.04. The first-order chi connectivity index (χ1) is 8.04. The molecule has 0 atom stereocenters. The number of phenolic OH excluding ortho intramolecular Hbond substituents is 1. The predicted octanol–water partition coefficient (Wildman–Crippen LogP) is 0.948. The molecule has 5 heteroatoms. The first-order valence-electron chi connectivity index (χ1n) is 5.04. The second-order valence-electron chi connectivity index (χ2n) is 3.71. The maximum Gasteiger partial charge on any atom is 0.336 e. The van der Waals surface area contributed by atoms with E-state index in [0.29, 0.717) is 10.9 Å². The summed E-state index contributed by atoms with van der Waals surface area (Å²) in [6.45, 7) is 1.47. The lowest BCUT2D eigenvalue weighted by atomic mass is 10.0. The van der Waals surface area contributed by atoms with Crippen LogP contribution in [0.3, 0.4) is 0 Å². The van der Waals surface area contributed by atoms with Crippen LogP contribution in [0.15, 0.2) is 27.4 Å². The zero-order valence-electron chi connectivity index (χ0n) is 9.19. The van der Waals surface area contributed by atoms with Crippen LogP contribution in [0, 0.1) is 6.92 Å². The summed E-state index contributed by atoms with van der Waals surface area (Å²) in [6.07, 6.45) is 0.